The molecule has 20 heavy (non-hydrogen) atoms. The van der Waals surface area contributed by atoms with Gasteiger partial charge in [-0.25, -0.2) is 14.6 Å². The van der Waals surface area contributed by atoms with Crippen LogP contribution in [0.4, 0.5) is 0 Å². The molecule has 0 aliphatic carbocycles. The third-order valence-electron chi connectivity index (χ3n) is 3.08. The normalized spacial score (nSPS) is 11.4. The second kappa shape index (κ2) is 4.62. The zero-order valence-electron chi connectivity index (χ0n) is 11.7. The summed E-state index contributed by atoms with van der Waals surface area (Å²) in [6.45, 7) is 4.19. The van der Waals surface area contributed by atoms with Crippen LogP contribution in [0.2, 0.25) is 0 Å². The molecule has 2 aromatic heterocycles. The first kappa shape index (κ1) is 14.0. The van der Waals surface area contributed by atoms with Crippen molar-refractivity contribution in [3.05, 3.63) is 26.7 Å². The molecule has 8 nitrogen and oxygen atoms in total. The quantitative estimate of drug-likeness (QED) is 0.838. The van der Waals surface area contributed by atoms with Gasteiger partial charge in [0.2, 0.25) is 5.82 Å². The van der Waals surface area contributed by atoms with Gasteiger partial charge in [-0.05, 0) is 5.92 Å². The summed E-state index contributed by atoms with van der Waals surface area (Å²) in [7, 11) is 2.83. The summed E-state index contributed by atoms with van der Waals surface area (Å²) in [5, 5.41) is 9.22. The van der Waals surface area contributed by atoms with E-state index < -0.39 is 17.2 Å². The van der Waals surface area contributed by atoms with Crippen molar-refractivity contribution in [2.75, 3.05) is 0 Å². The van der Waals surface area contributed by atoms with Crippen molar-refractivity contribution < 1.29 is 9.90 Å². The molecular formula is C12H16N4O4. The molecule has 0 aliphatic heterocycles. The molecular weight excluding hydrogens is 264 g/mol. The Kier molecular flexibility index (Phi) is 3.24. The van der Waals surface area contributed by atoms with Crippen LogP contribution in [0.3, 0.4) is 0 Å². The molecule has 0 saturated carbocycles. The van der Waals surface area contributed by atoms with E-state index in [-0.39, 0.29) is 22.9 Å². The lowest BCUT2D eigenvalue weighted by Crippen LogP contribution is -2.37. The highest BCUT2D eigenvalue weighted by Gasteiger charge is 2.22. The Balaban J connectivity index is 3.01. The summed E-state index contributed by atoms with van der Waals surface area (Å²) in [5.74, 6) is -1.31. The van der Waals surface area contributed by atoms with Crippen LogP contribution in [0.15, 0.2) is 9.59 Å². The van der Waals surface area contributed by atoms with Crippen molar-refractivity contribution >= 4 is 17.1 Å². The van der Waals surface area contributed by atoms with E-state index in [1.54, 1.807) is 0 Å². The number of carbonyl (C=O) groups is 1. The number of fused-ring (bicyclic) bond motifs is 1. The number of rotatable bonds is 3. The first-order chi connectivity index (χ1) is 9.25. The highest BCUT2D eigenvalue weighted by molar-refractivity contribution is 5.88. The molecule has 0 fully saturated rings. The summed E-state index contributed by atoms with van der Waals surface area (Å²) < 4.78 is 3.57. The Hall–Kier alpha value is -2.38. The van der Waals surface area contributed by atoms with Gasteiger partial charge in [-0.1, -0.05) is 13.8 Å². The van der Waals surface area contributed by atoms with Gasteiger partial charge in [0.25, 0.3) is 5.56 Å². The number of nitrogens with zero attached hydrogens (tertiary/aromatic N) is 4. The van der Waals surface area contributed by atoms with Gasteiger partial charge in [-0.2, -0.15) is 0 Å². The largest absolute Gasteiger partial charge is 0.475 e. The second-order valence-corrected chi connectivity index (χ2v) is 5.12. The Bertz CT molecular complexity index is 809. The van der Waals surface area contributed by atoms with E-state index in [1.165, 1.54) is 23.2 Å². The van der Waals surface area contributed by atoms with Gasteiger partial charge in [0.05, 0.1) is 0 Å². The van der Waals surface area contributed by atoms with Crippen molar-refractivity contribution in [2.24, 2.45) is 20.0 Å². The fraction of sp³-hybridized carbons (Fsp3) is 0.500. The molecule has 0 amide bonds. The number of carboxylic acid groups (broad SMARTS) is 1. The van der Waals surface area contributed by atoms with Crippen molar-refractivity contribution in [2.45, 2.75) is 20.4 Å². The van der Waals surface area contributed by atoms with E-state index in [9.17, 15) is 19.5 Å². The number of aromatic nitrogens is 4. The van der Waals surface area contributed by atoms with Crippen LogP contribution in [0.1, 0.15) is 24.5 Å². The predicted molar refractivity (Wildman–Crippen MR) is 72.0 cm³/mol. The summed E-state index contributed by atoms with van der Waals surface area (Å²) >= 11 is 0. The number of hydrogen-bond acceptors (Lipinski definition) is 4. The highest BCUT2D eigenvalue weighted by Crippen LogP contribution is 2.14. The SMILES string of the molecule is CC(C)Cn1c(C(=O)O)nc2c(=O)n(C)c(=O)n(C)c21. The Morgan fingerprint density at radius 3 is 2.35 bits per heavy atom. The maximum atomic E-state index is 12.1. The highest BCUT2D eigenvalue weighted by atomic mass is 16.4. The van der Waals surface area contributed by atoms with Crippen molar-refractivity contribution in [3.63, 3.8) is 0 Å². The average Bonchev–Trinajstić information content (AvgIpc) is 2.72. The smallest absolute Gasteiger partial charge is 0.372 e. The Labute approximate surface area is 113 Å². The molecule has 0 atom stereocenters. The molecule has 0 bridgehead atoms. The molecule has 0 radical (unpaired) electrons. The summed E-state index contributed by atoms with van der Waals surface area (Å²) in [6, 6.07) is 0. The zero-order valence-corrected chi connectivity index (χ0v) is 11.7. The maximum Gasteiger partial charge on any atom is 0.372 e. The van der Waals surface area contributed by atoms with Crippen LogP contribution in [-0.4, -0.2) is 29.8 Å². The molecule has 0 aromatic carbocycles. The molecule has 108 valence electrons. The van der Waals surface area contributed by atoms with E-state index in [0.717, 1.165) is 4.57 Å². The van der Waals surface area contributed by atoms with E-state index in [4.69, 9.17) is 0 Å². The lowest BCUT2D eigenvalue weighted by atomic mass is 10.2. The second-order valence-electron chi connectivity index (χ2n) is 5.12. The third-order valence-corrected chi connectivity index (χ3v) is 3.08. The molecule has 8 heteroatoms. The maximum absolute atomic E-state index is 12.1. The fourth-order valence-electron chi connectivity index (χ4n) is 2.19. The van der Waals surface area contributed by atoms with Gasteiger partial charge in [-0.15, -0.1) is 0 Å². The van der Waals surface area contributed by atoms with Crippen LogP contribution in [0, 0.1) is 5.92 Å². The van der Waals surface area contributed by atoms with Gasteiger partial charge in [0.15, 0.2) is 11.2 Å². The van der Waals surface area contributed by atoms with Crippen LogP contribution in [0.5, 0.6) is 0 Å². The standard InChI is InChI=1S/C12H16N4O4/c1-6(2)5-16-8(11(18)19)13-7-9(16)14(3)12(20)15(4)10(7)17/h6H,5H2,1-4H3,(H,18,19). The van der Waals surface area contributed by atoms with E-state index >= 15 is 0 Å². The minimum absolute atomic E-state index is 0.00681. The molecule has 2 aromatic rings. The van der Waals surface area contributed by atoms with E-state index in [0.29, 0.717) is 6.54 Å². The lowest BCUT2D eigenvalue weighted by molar-refractivity contribution is 0.0678. The van der Waals surface area contributed by atoms with Crippen LogP contribution in [-0.2, 0) is 20.6 Å². The van der Waals surface area contributed by atoms with Crippen LogP contribution < -0.4 is 11.2 Å². The topological polar surface area (TPSA) is 99.1 Å². The first-order valence-electron chi connectivity index (χ1n) is 6.15. The first-order valence-corrected chi connectivity index (χ1v) is 6.15. The number of aryl methyl sites for hydroxylation is 1. The molecule has 1 N–H and O–H groups in total. The molecule has 0 unspecified atom stereocenters. The summed E-state index contributed by atoms with van der Waals surface area (Å²) in [5.41, 5.74) is -0.866. The van der Waals surface area contributed by atoms with Gasteiger partial charge >= 0.3 is 11.7 Å². The molecule has 0 spiro atoms. The van der Waals surface area contributed by atoms with Crippen molar-refractivity contribution in [1.82, 2.24) is 18.7 Å². The Morgan fingerprint density at radius 1 is 1.25 bits per heavy atom. The van der Waals surface area contributed by atoms with Gasteiger partial charge in [0, 0.05) is 20.6 Å². The summed E-state index contributed by atoms with van der Waals surface area (Å²) in [4.78, 5) is 39.2. The van der Waals surface area contributed by atoms with Crippen LogP contribution >= 0.6 is 0 Å². The number of aromatic carboxylic acids is 1. The minimum atomic E-state index is -1.23. The number of imidazole rings is 1. The Morgan fingerprint density at radius 2 is 1.85 bits per heavy atom. The van der Waals surface area contributed by atoms with Crippen molar-refractivity contribution in [3.8, 4) is 0 Å². The van der Waals surface area contributed by atoms with Crippen LogP contribution in [0.25, 0.3) is 11.2 Å². The van der Waals surface area contributed by atoms with Gasteiger partial charge in [-0.3, -0.25) is 13.9 Å². The van der Waals surface area contributed by atoms with E-state index in [2.05, 4.69) is 4.98 Å². The van der Waals surface area contributed by atoms with Gasteiger partial charge in [0.1, 0.15) is 0 Å². The fourth-order valence-corrected chi connectivity index (χ4v) is 2.19. The lowest BCUT2D eigenvalue weighted by Gasteiger charge is -2.11. The minimum Gasteiger partial charge on any atom is -0.475 e. The van der Waals surface area contributed by atoms with Crippen molar-refractivity contribution in [1.29, 1.82) is 0 Å². The molecule has 2 heterocycles. The van der Waals surface area contributed by atoms with E-state index in [1.807, 2.05) is 13.8 Å². The molecule has 2 rings (SSSR count). The summed E-state index contributed by atoms with van der Waals surface area (Å²) in [6.07, 6.45) is 0. The number of carboxylic acids is 1. The van der Waals surface area contributed by atoms with Gasteiger partial charge < -0.3 is 9.67 Å². The predicted octanol–water partition coefficient (Wildman–Crippen LogP) is -0.212. The number of hydrogen-bond donors (Lipinski definition) is 1. The monoisotopic (exact) mass is 280 g/mol. The zero-order chi connectivity index (χ0) is 15.2. The average molecular weight is 280 g/mol. The molecule has 0 saturated heterocycles. The third kappa shape index (κ3) is 1.93. The molecule has 0 aliphatic rings.